The van der Waals surface area contributed by atoms with E-state index >= 15 is 0 Å². The molecule has 0 aliphatic carbocycles. The maximum atomic E-state index is 12.5. The van der Waals surface area contributed by atoms with Gasteiger partial charge in [-0.1, -0.05) is 31.2 Å². The van der Waals surface area contributed by atoms with Gasteiger partial charge in [-0.25, -0.2) is 0 Å². The summed E-state index contributed by atoms with van der Waals surface area (Å²) < 4.78 is 22.6. The van der Waals surface area contributed by atoms with Gasteiger partial charge in [0, 0.05) is 0 Å². The van der Waals surface area contributed by atoms with Crippen molar-refractivity contribution >= 4 is 5.91 Å². The smallest absolute Gasteiger partial charge is 0.261 e. The average Bonchev–Trinajstić information content (AvgIpc) is 2.70. The van der Waals surface area contributed by atoms with E-state index in [0.29, 0.717) is 36.8 Å². The number of para-hydroxylation sites is 4. The van der Waals surface area contributed by atoms with Crippen LogP contribution in [0.5, 0.6) is 23.0 Å². The van der Waals surface area contributed by atoms with E-state index in [0.717, 1.165) is 5.75 Å². The van der Waals surface area contributed by atoms with Crippen LogP contribution in [0.25, 0.3) is 0 Å². The Hall–Kier alpha value is -2.89. The number of amides is 1. The normalized spacial score (nSPS) is 16.5. The Morgan fingerprint density at radius 2 is 1.85 bits per heavy atom. The molecule has 0 fully saturated rings. The van der Waals surface area contributed by atoms with Crippen LogP contribution < -0.4 is 24.3 Å². The maximum absolute atomic E-state index is 12.5. The number of ether oxygens (including phenoxy) is 4. The van der Waals surface area contributed by atoms with Gasteiger partial charge in [-0.15, -0.1) is 0 Å². The van der Waals surface area contributed by atoms with Gasteiger partial charge < -0.3 is 24.3 Å². The molecule has 0 radical (unpaired) electrons. The lowest BCUT2D eigenvalue weighted by Gasteiger charge is -2.27. The first kappa shape index (κ1) is 17.9. The van der Waals surface area contributed by atoms with Crippen molar-refractivity contribution in [1.29, 1.82) is 0 Å². The second kappa shape index (κ2) is 8.47. The van der Waals surface area contributed by atoms with Crippen LogP contribution in [0, 0.1) is 0 Å². The number of rotatable bonds is 7. The summed E-state index contributed by atoms with van der Waals surface area (Å²) in [5.41, 5.74) is 0. The van der Waals surface area contributed by atoms with Crippen molar-refractivity contribution in [3.8, 4) is 23.0 Å². The average molecular weight is 357 g/mol. The van der Waals surface area contributed by atoms with Crippen LogP contribution in [0.15, 0.2) is 48.5 Å². The third kappa shape index (κ3) is 4.20. The summed E-state index contributed by atoms with van der Waals surface area (Å²) in [5.74, 6) is 2.36. The molecule has 1 heterocycles. The van der Waals surface area contributed by atoms with Crippen molar-refractivity contribution < 1.29 is 23.7 Å². The molecule has 0 spiro atoms. The summed E-state index contributed by atoms with van der Waals surface area (Å²) in [6, 6.07) is 14.8. The highest BCUT2D eigenvalue weighted by atomic mass is 16.6. The minimum atomic E-state index is -0.608. The molecule has 6 nitrogen and oxygen atoms in total. The first-order valence-electron chi connectivity index (χ1n) is 8.67. The quantitative estimate of drug-likeness (QED) is 0.825. The summed E-state index contributed by atoms with van der Waals surface area (Å²) >= 11 is 0. The van der Waals surface area contributed by atoms with E-state index < -0.39 is 6.10 Å². The lowest BCUT2D eigenvalue weighted by Crippen LogP contribution is -2.45. The van der Waals surface area contributed by atoms with Crippen LogP contribution in [0.4, 0.5) is 0 Å². The molecule has 1 N–H and O–H groups in total. The van der Waals surface area contributed by atoms with Crippen molar-refractivity contribution in [3.63, 3.8) is 0 Å². The summed E-state index contributed by atoms with van der Waals surface area (Å²) in [6.45, 7) is 2.64. The lowest BCUT2D eigenvalue weighted by molar-refractivity contribution is -0.128. The molecule has 0 unspecified atom stereocenters. The zero-order chi connectivity index (χ0) is 18.4. The SMILES string of the molecule is CC[C@@H](Oc1ccccc1OC)C(=O)NC[C@@H]1COc2ccccc2O1. The van der Waals surface area contributed by atoms with Crippen LogP contribution in [0.3, 0.4) is 0 Å². The van der Waals surface area contributed by atoms with Gasteiger partial charge in [-0.2, -0.15) is 0 Å². The van der Waals surface area contributed by atoms with Crippen molar-refractivity contribution in [3.05, 3.63) is 48.5 Å². The first-order chi connectivity index (χ1) is 12.7. The monoisotopic (exact) mass is 357 g/mol. The van der Waals surface area contributed by atoms with Gasteiger partial charge in [-0.3, -0.25) is 4.79 Å². The number of fused-ring (bicyclic) bond motifs is 1. The van der Waals surface area contributed by atoms with Gasteiger partial charge in [0.1, 0.15) is 12.7 Å². The summed E-state index contributed by atoms with van der Waals surface area (Å²) in [6.07, 6.45) is -0.310. The van der Waals surface area contributed by atoms with Crippen LogP contribution in [-0.4, -0.2) is 38.4 Å². The molecule has 26 heavy (non-hydrogen) atoms. The first-order valence-corrected chi connectivity index (χ1v) is 8.67. The van der Waals surface area contributed by atoms with Gasteiger partial charge in [0.05, 0.1) is 13.7 Å². The molecular weight excluding hydrogens is 334 g/mol. The molecule has 0 aromatic heterocycles. The highest BCUT2D eigenvalue weighted by Crippen LogP contribution is 2.31. The molecule has 6 heteroatoms. The van der Waals surface area contributed by atoms with Gasteiger partial charge in [0.25, 0.3) is 5.91 Å². The van der Waals surface area contributed by atoms with Crippen molar-refractivity contribution in [2.24, 2.45) is 0 Å². The Morgan fingerprint density at radius 1 is 1.15 bits per heavy atom. The molecule has 0 bridgehead atoms. The predicted octanol–water partition coefficient (Wildman–Crippen LogP) is 2.81. The van der Waals surface area contributed by atoms with Gasteiger partial charge >= 0.3 is 0 Å². The number of benzene rings is 2. The standard InChI is InChI=1S/C20H23NO5/c1-3-15(26-18-10-6-4-8-16(18)23-2)20(22)21-12-14-13-24-17-9-5-7-11-19(17)25-14/h4-11,14-15H,3,12-13H2,1-2H3,(H,21,22)/t14-,15-/m1/s1. The third-order valence-corrected chi connectivity index (χ3v) is 4.07. The van der Waals surface area contributed by atoms with Crippen molar-refractivity contribution in [2.45, 2.75) is 25.6 Å². The molecule has 3 rings (SSSR count). The summed E-state index contributed by atoms with van der Waals surface area (Å²) in [7, 11) is 1.57. The van der Waals surface area contributed by atoms with Crippen molar-refractivity contribution in [2.75, 3.05) is 20.3 Å². The van der Waals surface area contributed by atoms with E-state index in [1.807, 2.05) is 43.3 Å². The largest absolute Gasteiger partial charge is 0.493 e. The Morgan fingerprint density at radius 3 is 2.58 bits per heavy atom. The Bertz CT molecular complexity index is 748. The molecule has 2 aromatic rings. The topological polar surface area (TPSA) is 66.0 Å². The molecule has 1 aliphatic rings. The minimum Gasteiger partial charge on any atom is -0.493 e. The molecule has 138 valence electrons. The van der Waals surface area contributed by atoms with E-state index in [-0.39, 0.29) is 12.0 Å². The lowest BCUT2D eigenvalue weighted by atomic mass is 10.2. The second-order valence-corrected chi connectivity index (χ2v) is 5.91. The Labute approximate surface area is 153 Å². The highest BCUT2D eigenvalue weighted by Gasteiger charge is 2.24. The predicted molar refractivity (Wildman–Crippen MR) is 97.1 cm³/mol. The molecule has 1 amide bonds. The van der Waals surface area contributed by atoms with Crippen LogP contribution in [0.2, 0.25) is 0 Å². The highest BCUT2D eigenvalue weighted by molar-refractivity contribution is 5.81. The zero-order valence-corrected chi connectivity index (χ0v) is 14.9. The molecule has 0 saturated heterocycles. The second-order valence-electron chi connectivity index (χ2n) is 5.91. The number of carbonyl (C=O) groups excluding carboxylic acids is 1. The fourth-order valence-corrected chi connectivity index (χ4v) is 2.68. The molecule has 1 aliphatic heterocycles. The number of hydrogen-bond acceptors (Lipinski definition) is 5. The van der Waals surface area contributed by atoms with E-state index in [9.17, 15) is 4.79 Å². The number of methoxy groups -OCH3 is 1. The molecule has 2 atom stereocenters. The fourth-order valence-electron chi connectivity index (χ4n) is 2.68. The van der Waals surface area contributed by atoms with Crippen LogP contribution >= 0.6 is 0 Å². The Kier molecular flexibility index (Phi) is 5.84. The molecular formula is C20H23NO5. The number of nitrogens with one attached hydrogen (secondary N) is 1. The van der Waals surface area contributed by atoms with Gasteiger partial charge in [-0.05, 0) is 30.7 Å². The Balaban J connectivity index is 1.55. The third-order valence-electron chi connectivity index (χ3n) is 4.07. The van der Waals surface area contributed by atoms with E-state index in [1.54, 1.807) is 19.2 Å². The minimum absolute atomic E-state index is 0.194. The molecule has 2 aromatic carbocycles. The van der Waals surface area contributed by atoms with Crippen LogP contribution in [-0.2, 0) is 4.79 Å². The maximum Gasteiger partial charge on any atom is 0.261 e. The fraction of sp³-hybridized carbons (Fsp3) is 0.350. The van der Waals surface area contributed by atoms with Crippen LogP contribution in [0.1, 0.15) is 13.3 Å². The number of hydrogen-bond donors (Lipinski definition) is 1. The zero-order valence-electron chi connectivity index (χ0n) is 14.9. The molecule has 0 saturated carbocycles. The summed E-state index contributed by atoms with van der Waals surface area (Å²) in [4.78, 5) is 12.5. The van der Waals surface area contributed by atoms with E-state index in [1.165, 1.54) is 0 Å². The number of carbonyl (C=O) groups is 1. The van der Waals surface area contributed by atoms with Crippen molar-refractivity contribution in [1.82, 2.24) is 5.32 Å². The summed E-state index contributed by atoms with van der Waals surface area (Å²) in [5, 5.41) is 2.88. The van der Waals surface area contributed by atoms with Gasteiger partial charge in [0.2, 0.25) is 0 Å². The van der Waals surface area contributed by atoms with E-state index in [2.05, 4.69) is 5.32 Å². The van der Waals surface area contributed by atoms with Gasteiger partial charge in [0.15, 0.2) is 29.1 Å². The van der Waals surface area contributed by atoms with E-state index in [4.69, 9.17) is 18.9 Å².